The summed E-state index contributed by atoms with van der Waals surface area (Å²) in [6.07, 6.45) is 5.41. The third-order valence-electron chi connectivity index (χ3n) is 2.95. The number of aromatic nitrogens is 2. The van der Waals surface area contributed by atoms with Crippen LogP contribution < -0.4 is 5.32 Å². The fourth-order valence-corrected chi connectivity index (χ4v) is 2.52. The summed E-state index contributed by atoms with van der Waals surface area (Å²) in [6, 6.07) is 0. The molecule has 2 N–H and O–H groups in total. The number of hydrogen-bond acceptors (Lipinski definition) is 5. The van der Waals surface area contributed by atoms with Crippen LogP contribution in [0.15, 0.2) is 5.38 Å². The van der Waals surface area contributed by atoms with E-state index in [-0.39, 0.29) is 0 Å². The zero-order valence-electron chi connectivity index (χ0n) is 8.78. The topological polar surface area (TPSA) is 58.0 Å². The Hall–Kier alpha value is -0.520. The monoisotopic (exact) mass is 227 g/mol. The molecular formula is C10H17N3OS. The summed E-state index contributed by atoms with van der Waals surface area (Å²) < 4.78 is 3.79. The summed E-state index contributed by atoms with van der Waals surface area (Å²) in [5.74, 6) is 0. The van der Waals surface area contributed by atoms with E-state index >= 15 is 0 Å². The fourth-order valence-electron chi connectivity index (χ4n) is 2.07. The first-order valence-corrected chi connectivity index (χ1v) is 6.31. The van der Waals surface area contributed by atoms with Crippen LogP contribution in [0.1, 0.15) is 37.8 Å². The fraction of sp³-hybridized carbons (Fsp3) is 0.800. The van der Waals surface area contributed by atoms with Crippen molar-refractivity contribution in [3.05, 3.63) is 11.1 Å². The maximum atomic E-state index is 10.2. The summed E-state index contributed by atoms with van der Waals surface area (Å²) >= 11 is 1.36. The van der Waals surface area contributed by atoms with Crippen molar-refractivity contribution in [1.82, 2.24) is 14.9 Å². The molecule has 5 heteroatoms. The lowest BCUT2D eigenvalue weighted by molar-refractivity contribution is 0.00462. The summed E-state index contributed by atoms with van der Waals surface area (Å²) in [7, 11) is 0. The predicted octanol–water partition coefficient (Wildman–Crippen LogP) is 1.32. The quantitative estimate of drug-likeness (QED) is 0.814. The molecule has 1 aliphatic rings. The van der Waals surface area contributed by atoms with E-state index in [1.807, 2.05) is 5.38 Å². The normalized spacial score (nSPS) is 20.3. The van der Waals surface area contributed by atoms with Crippen LogP contribution >= 0.6 is 11.5 Å². The summed E-state index contributed by atoms with van der Waals surface area (Å²) in [6.45, 7) is 1.38. The van der Waals surface area contributed by atoms with Crippen LogP contribution in [0.3, 0.4) is 0 Å². The Kier molecular flexibility index (Phi) is 3.66. The largest absolute Gasteiger partial charge is 0.389 e. The lowest BCUT2D eigenvalue weighted by Gasteiger charge is -2.32. The van der Waals surface area contributed by atoms with E-state index in [0.29, 0.717) is 13.1 Å². The second kappa shape index (κ2) is 5.01. The van der Waals surface area contributed by atoms with Crippen LogP contribution in [0.2, 0.25) is 0 Å². The molecule has 15 heavy (non-hydrogen) atoms. The van der Waals surface area contributed by atoms with E-state index < -0.39 is 5.60 Å². The van der Waals surface area contributed by atoms with Gasteiger partial charge in [0.25, 0.3) is 0 Å². The van der Waals surface area contributed by atoms with Crippen molar-refractivity contribution in [3.63, 3.8) is 0 Å². The smallest absolute Gasteiger partial charge is 0.0893 e. The molecule has 1 saturated carbocycles. The standard InChI is InChI=1S/C10H17N3OS/c14-10(4-2-1-3-5-10)8-11-6-9-7-15-13-12-9/h7,11,14H,1-6,8H2. The van der Waals surface area contributed by atoms with Crippen molar-refractivity contribution in [2.24, 2.45) is 0 Å². The highest BCUT2D eigenvalue weighted by atomic mass is 32.1. The molecule has 4 nitrogen and oxygen atoms in total. The Morgan fingerprint density at radius 1 is 1.40 bits per heavy atom. The van der Waals surface area contributed by atoms with Gasteiger partial charge < -0.3 is 10.4 Å². The van der Waals surface area contributed by atoms with Gasteiger partial charge in [0, 0.05) is 18.5 Å². The maximum absolute atomic E-state index is 10.2. The molecule has 1 fully saturated rings. The van der Waals surface area contributed by atoms with Crippen LogP contribution in [-0.2, 0) is 6.54 Å². The lowest BCUT2D eigenvalue weighted by atomic mass is 9.85. The Labute approximate surface area is 93.9 Å². The summed E-state index contributed by atoms with van der Waals surface area (Å²) in [4.78, 5) is 0. The molecule has 0 radical (unpaired) electrons. The molecule has 0 spiro atoms. The van der Waals surface area contributed by atoms with Crippen molar-refractivity contribution in [3.8, 4) is 0 Å². The van der Waals surface area contributed by atoms with E-state index in [0.717, 1.165) is 31.4 Å². The van der Waals surface area contributed by atoms with Gasteiger partial charge in [-0.1, -0.05) is 23.8 Å². The van der Waals surface area contributed by atoms with Crippen LogP contribution in [0, 0.1) is 0 Å². The first-order chi connectivity index (χ1) is 7.29. The predicted molar refractivity (Wildman–Crippen MR) is 59.7 cm³/mol. The molecule has 1 aromatic rings. The molecule has 0 atom stereocenters. The highest BCUT2D eigenvalue weighted by molar-refractivity contribution is 7.03. The molecule has 0 aliphatic heterocycles. The van der Waals surface area contributed by atoms with Gasteiger partial charge >= 0.3 is 0 Å². The average molecular weight is 227 g/mol. The molecular weight excluding hydrogens is 210 g/mol. The van der Waals surface area contributed by atoms with Gasteiger partial charge in [0.15, 0.2) is 0 Å². The van der Waals surface area contributed by atoms with Gasteiger partial charge in [-0.05, 0) is 24.4 Å². The molecule has 0 aromatic carbocycles. The number of nitrogens with one attached hydrogen (secondary N) is 1. The first kappa shape index (κ1) is 11.0. The van der Waals surface area contributed by atoms with Gasteiger partial charge in [0.05, 0.1) is 11.3 Å². The van der Waals surface area contributed by atoms with Crippen LogP contribution in [0.5, 0.6) is 0 Å². The number of nitrogens with zero attached hydrogens (tertiary/aromatic N) is 2. The summed E-state index contributed by atoms with van der Waals surface area (Å²) in [5, 5.41) is 19.3. The van der Waals surface area contributed by atoms with E-state index in [9.17, 15) is 5.11 Å². The maximum Gasteiger partial charge on any atom is 0.0893 e. The van der Waals surface area contributed by atoms with E-state index in [1.54, 1.807) is 0 Å². The number of aliphatic hydroxyl groups is 1. The van der Waals surface area contributed by atoms with Crippen LogP contribution in [0.25, 0.3) is 0 Å². The molecule has 1 heterocycles. The van der Waals surface area contributed by atoms with Crippen molar-refractivity contribution >= 4 is 11.5 Å². The first-order valence-electron chi connectivity index (χ1n) is 5.48. The molecule has 1 aliphatic carbocycles. The molecule has 0 unspecified atom stereocenters. The van der Waals surface area contributed by atoms with Gasteiger partial charge in [-0.15, -0.1) is 5.10 Å². The van der Waals surface area contributed by atoms with Gasteiger partial charge in [0.2, 0.25) is 0 Å². The van der Waals surface area contributed by atoms with Gasteiger partial charge in [0.1, 0.15) is 0 Å². The van der Waals surface area contributed by atoms with Gasteiger partial charge in [-0.2, -0.15) is 0 Å². The SMILES string of the molecule is OC1(CNCc2csnn2)CCCCC1. The Morgan fingerprint density at radius 2 is 2.20 bits per heavy atom. The number of rotatable bonds is 4. The zero-order chi connectivity index (χ0) is 10.6. The van der Waals surface area contributed by atoms with Crippen molar-refractivity contribution < 1.29 is 5.11 Å². The van der Waals surface area contributed by atoms with E-state index in [2.05, 4.69) is 14.9 Å². The minimum Gasteiger partial charge on any atom is -0.389 e. The molecule has 0 bridgehead atoms. The Balaban J connectivity index is 1.72. The molecule has 0 saturated heterocycles. The summed E-state index contributed by atoms with van der Waals surface area (Å²) in [5.41, 5.74) is 0.473. The van der Waals surface area contributed by atoms with Gasteiger partial charge in [-0.3, -0.25) is 0 Å². The highest BCUT2D eigenvalue weighted by Crippen LogP contribution is 2.27. The van der Waals surface area contributed by atoms with Crippen molar-refractivity contribution in [1.29, 1.82) is 0 Å². The average Bonchev–Trinajstić information content (AvgIpc) is 2.71. The third-order valence-corrected chi connectivity index (χ3v) is 3.50. The van der Waals surface area contributed by atoms with Crippen LogP contribution in [0.4, 0.5) is 0 Å². The molecule has 1 aromatic heterocycles. The molecule has 84 valence electrons. The van der Waals surface area contributed by atoms with E-state index in [4.69, 9.17) is 0 Å². The van der Waals surface area contributed by atoms with Crippen LogP contribution in [-0.4, -0.2) is 26.8 Å². The Bertz CT molecular complexity index is 283. The number of hydrogen-bond donors (Lipinski definition) is 2. The van der Waals surface area contributed by atoms with Crippen molar-refractivity contribution in [2.45, 2.75) is 44.2 Å². The zero-order valence-corrected chi connectivity index (χ0v) is 9.59. The molecule has 2 rings (SSSR count). The van der Waals surface area contributed by atoms with Gasteiger partial charge in [-0.25, -0.2) is 0 Å². The van der Waals surface area contributed by atoms with Crippen molar-refractivity contribution in [2.75, 3.05) is 6.54 Å². The molecule has 0 amide bonds. The second-order valence-corrected chi connectivity index (χ2v) is 4.89. The third kappa shape index (κ3) is 3.22. The minimum absolute atomic E-state index is 0.484. The lowest BCUT2D eigenvalue weighted by Crippen LogP contribution is -2.41. The minimum atomic E-state index is -0.484. The highest BCUT2D eigenvalue weighted by Gasteiger charge is 2.28. The Morgan fingerprint density at radius 3 is 2.87 bits per heavy atom. The second-order valence-electron chi connectivity index (χ2n) is 4.28. The van der Waals surface area contributed by atoms with E-state index in [1.165, 1.54) is 18.0 Å².